The van der Waals surface area contributed by atoms with Crippen LogP contribution in [0.2, 0.25) is 0 Å². The fourth-order valence-corrected chi connectivity index (χ4v) is 2.70. The standard InChI is InChI=1S/C16H7F15N6.2ClH.Mn/c17-11(18,14(23,24)25)7-1-4-35(32-7)10(36-5-2-8(33-36)12(19,20)15(26,27)28)37-6-3-9(34-37)13(21,22)16(29,30)31;;;/h1-6,10H;2*1H;/q;;;+2/p-2. The number of alkyl halides is 15. The number of aromatic nitrogens is 6. The SMILES string of the molecule is FC(F)(F)C(F)(F)c1ccn(C(n2ccc(C(F)(F)C(F)(F)F)n2)n2ccc(C(F)(F)C(F)(F)F)n2)n1.[Cl][Mn][Cl]. The molecular formula is C16H7Cl2F15MnN6. The average Bonchev–Trinajstić information content (AvgIpc) is 3.54. The first-order chi connectivity index (χ1) is 17.9. The molecule has 3 rings (SSSR count). The molecule has 3 aromatic rings. The summed E-state index contributed by atoms with van der Waals surface area (Å²) in [6.07, 6.45) is -20.3. The third kappa shape index (κ3) is 6.43. The molecule has 3 heterocycles. The zero-order valence-electron chi connectivity index (χ0n) is 18.0. The Labute approximate surface area is 225 Å². The minimum atomic E-state index is -6.22. The average molecular weight is 694 g/mol. The van der Waals surface area contributed by atoms with E-state index >= 15 is 0 Å². The summed E-state index contributed by atoms with van der Waals surface area (Å²) in [6, 6.07) is 0.0534. The van der Waals surface area contributed by atoms with Crippen LogP contribution in [0.4, 0.5) is 65.9 Å². The molecule has 3 aromatic heterocycles. The van der Waals surface area contributed by atoms with Gasteiger partial charge in [0.15, 0.2) is 0 Å². The fourth-order valence-electron chi connectivity index (χ4n) is 2.70. The molecule has 0 aliphatic carbocycles. The molecule has 0 N–H and O–H groups in total. The van der Waals surface area contributed by atoms with Crippen molar-refractivity contribution < 1.29 is 79.0 Å². The van der Waals surface area contributed by atoms with Crippen LogP contribution in [0.3, 0.4) is 0 Å². The third-order valence-electron chi connectivity index (χ3n) is 4.57. The van der Waals surface area contributed by atoms with E-state index in [1.165, 1.54) is 0 Å². The molecule has 0 atom stereocenters. The van der Waals surface area contributed by atoms with Crippen LogP contribution in [0.15, 0.2) is 36.8 Å². The Kier molecular flexibility index (Phi) is 9.45. The van der Waals surface area contributed by atoms with Crippen LogP contribution in [-0.2, 0) is 30.9 Å². The summed E-state index contributed by atoms with van der Waals surface area (Å²) in [5, 5.41) is 8.54. The van der Waals surface area contributed by atoms with E-state index in [1.54, 1.807) is 0 Å². The second kappa shape index (κ2) is 11.2. The van der Waals surface area contributed by atoms with Crippen LogP contribution in [-0.4, -0.2) is 47.9 Å². The quantitative estimate of drug-likeness (QED) is 0.203. The van der Waals surface area contributed by atoms with Crippen molar-refractivity contribution in [3.05, 3.63) is 53.9 Å². The normalized spacial score (nSPS) is 13.9. The molecule has 0 amide bonds. The van der Waals surface area contributed by atoms with Gasteiger partial charge in [-0.15, -0.1) is 0 Å². The minimum absolute atomic E-state index is 0.00694. The molecule has 0 unspecified atom stereocenters. The van der Waals surface area contributed by atoms with Crippen LogP contribution in [0.1, 0.15) is 23.4 Å². The first-order valence-electron chi connectivity index (χ1n) is 9.31. The van der Waals surface area contributed by atoms with E-state index in [-0.39, 0.29) is 64.0 Å². The Morgan fingerprint density at radius 2 is 0.700 bits per heavy atom. The summed E-state index contributed by atoms with van der Waals surface area (Å²) in [5.74, 6) is -16.9. The molecule has 0 spiro atoms. The predicted molar refractivity (Wildman–Crippen MR) is 98.1 cm³/mol. The molecule has 0 fully saturated rings. The molecule has 0 saturated carbocycles. The van der Waals surface area contributed by atoms with Gasteiger partial charge in [-0.3, -0.25) is 0 Å². The molecule has 0 radical (unpaired) electrons. The molecule has 40 heavy (non-hydrogen) atoms. The van der Waals surface area contributed by atoms with Gasteiger partial charge in [-0.1, -0.05) is 0 Å². The topological polar surface area (TPSA) is 53.5 Å². The first-order valence-corrected chi connectivity index (χ1v) is 12.6. The maximum absolute atomic E-state index is 13.6. The molecule has 0 aromatic carbocycles. The third-order valence-corrected chi connectivity index (χ3v) is 4.57. The molecular weight excluding hydrogens is 687 g/mol. The summed E-state index contributed by atoms with van der Waals surface area (Å²) in [6.45, 7) is 0. The summed E-state index contributed by atoms with van der Waals surface area (Å²) >= 11 is 0.00694. The van der Waals surface area contributed by atoms with Crippen molar-refractivity contribution in [2.75, 3.05) is 0 Å². The molecule has 0 aliphatic rings. The van der Waals surface area contributed by atoms with Crippen LogP contribution in [0, 0.1) is 0 Å². The van der Waals surface area contributed by atoms with Gasteiger partial charge >= 0.3 is 69.6 Å². The Morgan fingerprint density at radius 1 is 0.500 bits per heavy atom. The van der Waals surface area contributed by atoms with Gasteiger partial charge in [0.1, 0.15) is 17.1 Å². The second-order valence-electron chi connectivity index (χ2n) is 7.16. The van der Waals surface area contributed by atoms with Gasteiger partial charge in [-0.25, -0.2) is 14.0 Å². The maximum atomic E-state index is 13.6. The van der Waals surface area contributed by atoms with E-state index < -0.39 is 59.7 Å². The number of hydrogen-bond acceptors (Lipinski definition) is 3. The van der Waals surface area contributed by atoms with E-state index in [2.05, 4.69) is 15.3 Å². The van der Waals surface area contributed by atoms with Crippen LogP contribution >= 0.6 is 20.2 Å². The Hall–Kier alpha value is -2.32. The van der Waals surface area contributed by atoms with Gasteiger partial charge in [0, 0.05) is 18.6 Å². The molecule has 24 heteroatoms. The number of nitrogens with zero attached hydrogens (tertiary/aromatic N) is 6. The molecule has 0 bridgehead atoms. The van der Waals surface area contributed by atoms with Crippen LogP contribution in [0.25, 0.3) is 0 Å². The molecule has 0 aliphatic heterocycles. The first kappa shape index (κ1) is 33.9. The van der Waals surface area contributed by atoms with Crippen molar-refractivity contribution in [2.45, 2.75) is 42.6 Å². The van der Waals surface area contributed by atoms with E-state index in [0.29, 0.717) is 0 Å². The number of hydrogen-bond donors (Lipinski definition) is 0. The predicted octanol–water partition coefficient (Wildman–Crippen LogP) is 7.17. The summed E-state index contributed by atoms with van der Waals surface area (Å²) in [5.41, 5.74) is -6.15. The van der Waals surface area contributed by atoms with Crippen molar-refractivity contribution in [3.63, 3.8) is 0 Å². The zero-order chi connectivity index (χ0) is 31.1. The number of halogens is 17. The van der Waals surface area contributed by atoms with Crippen molar-refractivity contribution in [1.29, 1.82) is 0 Å². The Balaban J connectivity index is 0.00000178. The van der Waals surface area contributed by atoms with Crippen LogP contribution < -0.4 is 0 Å². The second-order valence-corrected chi connectivity index (χ2v) is 9.11. The van der Waals surface area contributed by atoms with Gasteiger partial charge in [-0.05, 0) is 18.2 Å². The fraction of sp³-hybridized carbons (Fsp3) is 0.438. The van der Waals surface area contributed by atoms with Gasteiger partial charge < -0.3 is 0 Å². The van der Waals surface area contributed by atoms with E-state index in [1.807, 2.05) is 0 Å². The van der Waals surface area contributed by atoms with Gasteiger partial charge in [0.25, 0.3) is 0 Å². The van der Waals surface area contributed by atoms with E-state index in [4.69, 9.17) is 20.2 Å². The van der Waals surface area contributed by atoms with E-state index in [0.717, 1.165) is 0 Å². The Morgan fingerprint density at radius 3 is 0.875 bits per heavy atom. The summed E-state index contributed by atoms with van der Waals surface area (Å²) < 4.78 is 196. The van der Waals surface area contributed by atoms with Gasteiger partial charge in [-0.2, -0.15) is 81.2 Å². The molecule has 6 nitrogen and oxygen atoms in total. The summed E-state index contributed by atoms with van der Waals surface area (Å²) in [4.78, 5) is 0. The monoisotopic (exact) mass is 693 g/mol. The van der Waals surface area contributed by atoms with Crippen molar-refractivity contribution in [1.82, 2.24) is 29.3 Å². The molecule has 227 valence electrons. The van der Waals surface area contributed by atoms with Gasteiger partial charge in [0.2, 0.25) is 6.29 Å². The zero-order valence-corrected chi connectivity index (χ0v) is 20.7. The number of rotatable bonds is 6. The van der Waals surface area contributed by atoms with Crippen molar-refractivity contribution in [2.24, 2.45) is 0 Å². The summed E-state index contributed by atoms with van der Waals surface area (Å²) in [7, 11) is 9.59. The Bertz CT molecular complexity index is 1120. The van der Waals surface area contributed by atoms with Crippen molar-refractivity contribution >= 4 is 20.2 Å². The van der Waals surface area contributed by atoms with Crippen molar-refractivity contribution in [3.8, 4) is 0 Å². The van der Waals surface area contributed by atoms with Gasteiger partial charge in [0.05, 0.1) is 0 Å². The van der Waals surface area contributed by atoms with Crippen LogP contribution in [0.5, 0.6) is 0 Å². The molecule has 0 saturated heterocycles. The van der Waals surface area contributed by atoms with E-state index in [9.17, 15) is 65.9 Å².